The van der Waals surface area contributed by atoms with Crippen LogP contribution in [0.3, 0.4) is 0 Å². The Labute approximate surface area is 208 Å². The maximum absolute atomic E-state index is 12.9. The van der Waals surface area contributed by atoms with E-state index in [1.807, 2.05) is 42.3 Å². The van der Waals surface area contributed by atoms with Gasteiger partial charge in [0.2, 0.25) is 0 Å². The highest BCUT2D eigenvalue weighted by molar-refractivity contribution is 9.10. The Balaban J connectivity index is 1.41. The largest absolute Gasteiger partial charge is 0.416 e. The Kier molecular flexibility index (Phi) is 7.45. The van der Waals surface area contributed by atoms with Crippen LogP contribution in [0.15, 0.2) is 65.3 Å². The van der Waals surface area contributed by atoms with Gasteiger partial charge in [-0.15, -0.1) is 0 Å². The van der Waals surface area contributed by atoms with Gasteiger partial charge in [-0.1, -0.05) is 48.0 Å². The minimum atomic E-state index is -4.33. The zero-order valence-corrected chi connectivity index (χ0v) is 20.6. The summed E-state index contributed by atoms with van der Waals surface area (Å²) in [5.41, 5.74) is 2.22. The zero-order valence-electron chi connectivity index (χ0n) is 18.3. The van der Waals surface area contributed by atoms with E-state index in [1.165, 1.54) is 12.1 Å². The molecule has 0 aliphatic heterocycles. The van der Waals surface area contributed by atoms with Gasteiger partial charge in [0.05, 0.1) is 21.9 Å². The van der Waals surface area contributed by atoms with Crippen molar-refractivity contribution in [3.8, 4) is 11.3 Å². The zero-order chi connectivity index (χ0) is 24.3. The van der Waals surface area contributed by atoms with E-state index in [2.05, 4.69) is 26.3 Å². The van der Waals surface area contributed by atoms with Crippen LogP contribution >= 0.6 is 27.5 Å². The lowest BCUT2D eigenvalue weighted by atomic mass is 10.1. The normalized spacial score (nSPS) is 12.0. The molecule has 0 spiro atoms. The minimum absolute atomic E-state index is 0.437. The fourth-order valence-electron chi connectivity index (χ4n) is 3.67. The maximum atomic E-state index is 12.9. The molecule has 1 N–H and O–H groups in total. The van der Waals surface area contributed by atoms with Gasteiger partial charge in [0, 0.05) is 29.7 Å². The van der Waals surface area contributed by atoms with E-state index in [4.69, 9.17) is 16.6 Å². The number of aromatic nitrogens is 3. The summed E-state index contributed by atoms with van der Waals surface area (Å²) in [7, 11) is 1.89. The number of hydrogen-bond donors (Lipinski definition) is 1. The number of hydrogen-bond acceptors (Lipinski definition) is 4. The highest BCUT2D eigenvalue weighted by Crippen LogP contribution is 2.31. The Morgan fingerprint density at radius 1 is 1.12 bits per heavy atom. The molecule has 10 heteroatoms. The molecule has 2 aromatic carbocycles. The Hall–Kier alpha value is -2.62. The average Bonchev–Trinajstić information content (AvgIpc) is 3.17. The smallest absolute Gasteiger partial charge is 0.370 e. The first kappa shape index (κ1) is 24.5. The summed E-state index contributed by atoms with van der Waals surface area (Å²) in [6.07, 6.45) is -1.87. The topological polar surface area (TPSA) is 45.5 Å². The molecule has 178 valence electrons. The molecule has 0 fully saturated rings. The standard InChI is InChI=1S/C24H22BrClF3N5/c1-33(15-16-6-4-7-17(12-16)24(27,28)29)11-5-10-30-22-13-21(18-8-2-3-9-20(18)26)32-23-19(25)14-31-34(22)23/h2-4,6-9,12-14,30H,5,10-11,15H2,1H3. The number of rotatable bonds is 8. The Morgan fingerprint density at radius 3 is 2.68 bits per heavy atom. The average molecular weight is 553 g/mol. The predicted molar refractivity (Wildman–Crippen MR) is 132 cm³/mol. The SMILES string of the molecule is CN(CCCNc1cc(-c2ccccc2Cl)nc2c(Br)cnn12)Cc1cccc(C(F)(F)F)c1. The number of anilines is 1. The molecule has 0 unspecified atom stereocenters. The van der Waals surface area contributed by atoms with Crippen molar-refractivity contribution in [2.75, 3.05) is 25.5 Å². The van der Waals surface area contributed by atoms with Crippen molar-refractivity contribution in [1.82, 2.24) is 19.5 Å². The molecule has 0 aliphatic rings. The van der Waals surface area contributed by atoms with Gasteiger partial charge in [-0.25, -0.2) is 4.98 Å². The molecule has 0 amide bonds. The lowest BCUT2D eigenvalue weighted by Crippen LogP contribution is -2.22. The van der Waals surface area contributed by atoms with E-state index in [1.54, 1.807) is 16.8 Å². The van der Waals surface area contributed by atoms with Gasteiger partial charge in [0.15, 0.2) is 5.65 Å². The second-order valence-electron chi connectivity index (χ2n) is 7.95. The molecule has 34 heavy (non-hydrogen) atoms. The summed E-state index contributed by atoms with van der Waals surface area (Å²) < 4.78 is 41.3. The third-order valence-electron chi connectivity index (χ3n) is 5.31. The van der Waals surface area contributed by atoms with Crippen LogP contribution in [0.4, 0.5) is 19.0 Å². The Bertz CT molecular complexity index is 1290. The maximum Gasteiger partial charge on any atom is 0.416 e. The number of halogens is 5. The van der Waals surface area contributed by atoms with Gasteiger partial charge >= 0.3 is 6.18 Å². The molecule has 2 aromatic heterocycles. The highest BCUT2D eigenvalue weighted by atomic mass is 79.9. The number of nitrogens with one attached hydrogen (secondary N) is 1. The van der Waals surface area contributed by atoms with Gasteiger partial charge < -0.3 is 10.2 Å². The van der Waals surface area contributed by atoms with E-state index in [0.717, 1.165) is 34.0 Å². The molecule has 5 nitrogen and oxygen atoms in total. The summed E-state index contributed by atoms with van der Waals surface area (Å²) in [5.74, 6) is 0.770. The molecule has 0 bridgehead atoms. The van der Waals surface area contributed by atoms with E-state index >= 15 is 0 Å². The van der Waals surface area contributed by atoms with Gasteiger partial charge in [0.25, 0.3) is 0 Å². The van der Waals surface area contributed by atoms with E-state index < -0.39 is 11.7 Å². The number of alkyl halides is 3. The number of fused-ring (bicyclic) bond motifs is 1. The first-order valence-electron chi connectivity index (χ1n) is 10.6. The predicted octanol–water partition coefficient (Wildman–Crippen LogP) is 6.77. The van der Waals surface area contributed by atoms with Crippen LogP contribution in [0.25, 0.3) is 16.9 Å². The molecule has 0 aliphatic carbocycles. The van der Waals surface area contributed by atoms with Crippen molar-refractivity contribution in [2.45, 2.75) is 19.1 Å². The first-order valence-corrected chi connectivity index (χ1v) is 11.8. The molecule has 4 aromatic rings. The second kappa shape index (κ2) is 10.3. The van der Waals surface area contributed by atoms with Crippen LogP contribution in [-0.4, -0.2) is 39.6 Å². The molecular formula is C24H22BrClF3N5. The van der Waals surface area contributed by atoms with Crippen LogP contribution < -0.4 is 5.32 Å². The molecule has 0 radical (unpaired) electrons. The quantitative estimate of drug-likeness (QED) is 0.245. The molecule has 0 saturated carbocycles. The summed E-state index contributed by atoms with van der Waals surface area (Å²) in [6, 6.07) is 14.9. The van der Waals surface area contributed by atoms with Crippen LogP contribution in [-0.2, 0) is 12.7 Å². The third kappa shape index (κ3) is 5.71. The van der Waals surface area contributed by atoms with Crippen molar-refractivity contribution >= 4 is 39.0 Å². The molecule has 2 heterocycles. The summed E-state index contributed by atoms with van der Waals surface area (Å²) in [5, 5.41) is 8.39. The summed E-state index contributed by atoms with van der Waals surface area (Å²) in [4.78, 5) is 6.69. The van der Waals surface area contributed by atoms with E-state index in [9.17, 15) is 13.2 Å². The van der Waals surface area contributed by atoms with Gasteiger partial charge in [0.1, 0.15) is 5.82 Å². The van der Waals surface area contributed by atoms with E-state index in [0.29, 0.717) is 35.9 Å². The van der Waals surface area contributed by atoms with Gasteiger partial charge in [-0.3, -0.25) is 0 Å². The second-order valence-corrected chi connectivity index (χ2v) is 9.21. The molecule has 4 rings (SSSR count). The van der Waals surface area contributed by atoms with Crippen molar-refractivity contribution in [2.24, 2.45) is 0 Å². The number of nitrogens with zero attached hydrogens (tertiary/aromatic N) is 4. The third-order valence-corrected chi connectivity index (χ3v) is 6.20. The van der Waals surface area contributed by atoms with E-state index in [-0.39, 0.29) is 0 Å². The molecule has 0 atom stereocenters. The lowest BCUT2D eigenvalue weighted by molar-refractivity contribution is -0.137. The van der Waals surface area contributed by atoms with Crippen molar-refractivity contribution in [3.63, 3.8) is 0 Å². The highest BCUT2D eigenvalue weighted by Gasteiger charge is 2.30. The fourth-order valence-corrected chi connectivity index (χ4v) is 4.25. The number of benzene rings is 2. The monoisotopic (exact) mass is 551 g/mol. The molecule has 0 saturated heterocycles. The minimum Gasteiger partial charge on any atom is -0.370 e. The summed E-state index contributed by atoms with van der Waals surface area (Å²) >= 11 is 9.87. The van der Waals surface area contributed by atoms with Crippen LogP contribution in [0.5, 0.6) is 0 Å². The van der Waals surface area contributed by atoms with Crippen LogP contribution in [0.2, 0.25) is 5.02 Å². The summed E-state index contributed by atoms with van der Waals surface area (Å²) in [6.45, 7) is 1.79. The lowest BCUT2D eigenvalue weighted by Gasteiger charge is -2.18. The Morgan fingerprint density at radius 2 is 1.91 bits per heavy atom. The van der Waals surface area contributed by atoms with Crippen LogP contribution in [0.1, 0.15) is 17.5 Å². The fraction of sp³-hybridized carbons (Fsp3) is 0.250. The first-order chi connectivity index (χ1) is 16.2. The van der Waals surface area contributed by atoms with Gasteiger partial charge in [-0.05, 0) is 53.6 Å². The van der Waals surface area contributed by atoms with Crippen LogP contribution in [0, 0.1) is 0 Å². The van der Waals surface area contributed by atoms with Crippen molar-refractivity contribution < 1.29 is 13.2 Å². The molecular weight excluding hydrogens is 531 g/mol. The van der Waals surface area contributed by atoms with Crippen molar-refractivity contribution in [1.29, 1.82) is 0 Å². The van der Waals surface area contributed by atoms with Gasteiger partial charge in [-0.2, -0.15) is 22.8 Å². The van der Waals surface area contributed by atoms with Crippen molar-refractivity contribution in [3.05, 3.63) is 81.4 Å².